The zero-order chi connectivity index (χ0) is 12.4. The highest BCUT2D eigenvalue weighted by Gasteiger charge is 2.14. The molecule has 0 aliphatic heterocycles. The molecular formula is C8H5ClN4O3S. The van der Waals surface area contributed by atoms with Gasteiger partial charge in [-0.05, 0) is 17.7 Å². The van der Waals surface area contributed by atoms with Crippen LogP contribution in [0.2, 0.25) is 4.47 Å². The maximum Gasteiger partial charge on any atom is 0.334 e. The van der Waals surface area contributed by atoms with Gasteiger partial charge in [-0.25, -0.2) is 0 Å². The Kier molecular flexibility index (Phi) is 3.16. The maximum atomic E-state index is 11.7. The van der Waals surface area contributed by atoms with Gasteiger partial charge in [-0.3, -0.25) is 14.9 Å². The van der Waals surface area contributed by atoms with Crippen molar-refractivity contribution < 1.29 is 4.92 Å². The van der Waals surface area contributed by atoms with Crippen LogP contribution in [-0.2, 0) is 6.54 Å². The topological polar surface area (TPSA) is 90.9 Å². The number of hydrogen-bond acceptors (Lipinski definition) is 6. The van der Waals surface area contributed by atoms with E-state index < -0.39 is 16.2 Å². The third-order valence-corrected chi connectivity index (χ3v) is 2.95. The number of nitrogens with zero attached hydrogens (tertiary/aromatic N) is 4. The standard InChI is InChI=1S/C8H5ClN4O3S/c9-8-11-10-6(17-8)4-12-3-1-2-5(7(12)14)13(15)16/h1-3H,4H2. The molecule has 0 radical (unpaired) electrons. The summed E-state index contributed by atoms with van der Waals surface area (Å²) in [7, 11) is 0. The molecule has 0 saturated carbocycles. The highest BCUT2D eigenvalue weighted by Crippen LogP contribution is 2.15. The van der Waals surface area contributed by atoms with E-state index in [0.29, 0.717) is 5.01 Å². The lowest BCUT2D eigenvalue weighted by atomic mass is 10.4. The molecule has 0 bridgehead atoms. The SMILES string of the molecule is O=c1c([N+](=O)[O-])cccn1Cc1nnc(Cl)s1. The second-order valence-electron chi connectivity index (χ2n) is 3.03. The molecule has 0 saturated heterocycles. The summed E-state index contributed by atoms with van der Waals surface area (Å²) in [5.41, 5.74) is -1.15. The third-order valence-electron chi connectivity index (χ3n) is 1.94. The molecule has 2 rings (SSSR count). The molecule has 0 amide bonds. The molecule has 9 heteroatoms. The summed E-state index contributed by atoms with van der Waals surface area (Å²) in [6.45, 7) is 0.116. The van der Waals surface area contributed by atoms with Gasteiger partial charge in [-0.15, -0.1) is 10.2 Å². The van der Waals surface area contributed by atoms with Gasteiger partial charge in [-0.1, -0.05) is 11.3 Å². The highest BCUT2D eigenvalue weighted by molar-refractivity contribution is 7.15. The number of hydrogen-bond donors (Lipinski definition) is 0. The first kappa shape index (κ1) is 11.7. The van der Waals surface area contributed by atoms with Gasteiger partial charge in [0.15, 0.2) is 0 Å². The lowest BCUT2D eigenvalue weighted by molar-refractivity contribution is -0.386. The molecule has 0 spiro atoms. The van der Waals surface area contributed by atoms with Crippen molar-refractivity contribution in [1.29, 1.82) is 0 Å². The number of nitro groups is 1. The quantitative estimate of drug-likeness (QED) is 0.620. The van der Waals surface area contributed by atoms with Gasteiger partial charge >= 0.3 is 11.2 Å². The summed E-state index contributed by atoms with van der Waals surface area (Å²) < 4.78 is 1.45. The van der Waals surface area contributed by atoms with Gasteiger partial charge in [-0.2, -0.15) is 0 Å². The fourth-order valence-corrected chi connectivity index (χ4v) is 2.10. The smallest absolute Gasteiger partial charge is 0.303 e. The van der Waals surface area contributed by atoms with Crippen LogP contribution in [0.25, 0.3) is 0 Å². The van der Waals surface area contributed by atoms with Gasteiger partial charge in [0.05, 0.1) is 11.5 Å². The first-order chi connectivity index (χ1) is 8.08. The molecule has 2 heterocycles. The van der Waals surface area contributed by atoms with E-state index >= 15 is 0 Å². The van der Waals surface area contributed by atoms with E-state index in [9.17, 15) is 14.9 Å². The largest absolute Gasteiger partial charge is 0.334 e. The molecular weight excluding hydrogens is 268 g/mol. The number of rotatable bonds is 3. The Hall–Kier alpha value is -1.80. The maximum absolute atomic E-state index is 11.7. The molecule has 7 nitrogen and oxygen atoms in total. The van der Waals surface area contributed by atoms with Gasteiger partial charge in [0, 0.05) is 12.3 Å². The predicted octanol–water partition coefficient (Wildman–Crippen LogP) is 1.31. The summed E-state index contributed by atoms with van der Waals surface area (Å²) in [4.78, 5) is 21.5. The highest BCUT2D eigenvalue weighted by atomic mass is 35.5. The van der Waals surface area contributed by atoms with Crippen LogP contribution in [0.15, 0.2) is 23.1 Å². The van der Waals surface area contributed by atoms with Crippen molar-refractivity contribution in [3.63, 3.8) is 0 Å². The predicted molar refractivity (Wildman–Crippen MR) is 61.4 cm³/mol. The Bertz CT molecular complexity index is 623. The van der Waals surface area contributed by atoms with Crippen LogP contribution in [0, 0.1) is 10.1 Å². The van der Waals surface area contributed by atoms with Gasteiger partial charge in [0.1, 0.15) is 5.01 Å². The first-order valence-corrected chi connectivity index (χ1v) is 5.59. The van der Waals surface area contributed by atoms with E-state index in [-0.39, 0.29) is 11.0 Å². The molecule has 0 fully saturated rings. The van der Waals surface area contributed by atoms with Crippen LogP contribution in [0.1, 0.15) is 5.01 Å². The van der Waals surface area contributed by atoms with Crippen molar-refractivity contribution in [2.24, 2.45) is 0 Å². The molecule has 2 aromatic rings. The fraction of sp³-hybridized carbons (Fsp3) is 0.125. The van der Waals surface area contributed by atoms with Crippen LogP contribution >= 0.6 is 22.9 Å². The lowest BCUT2D eigenvalue weighted by Crippen LogP contribution is -2.22. The summed E-state index contributed by atoms with van der Waals surface area (Å²) >= 11 is 6.72. The molecule has 88 valence electrons. The molecule has 17 heavy (non-hydrogen) atoms. The number of aromatic nitrogens is 3. The summed E-state index contributed by atoms with van der Waals surface area (Å²) in [5, 5.41) is 18.4. The molecule has 0 aliphatic rings. The minimum atomic E-state index is -0.716. The van der Waals surface area contributed by atoms with Gasteiger partial charge in [0.2, 0.25) is 4.47 Å². The Labute approximate surface area is 103 Å². The van der Waals surface area contributed by atoms with Crippen molar-refractivity contribution in [1.82, 2.24) is 14.8 Å². The van der Waals surface area contributed by atoms with Crippen molar-refractivity contribution in [2.75, 3.05) is 0 Å². The fourth-order valence-electron chi connectivity index (χ4n) is 1.23. The van der Waals surface area contributed by atoms with E-state index in [1.807, 2.05) is 0 Å². The van der Waals surface area contributed by atoms with Crippen LogP contribution in [0.5, 0.6) is 0 Å². The summed E-state index contributed by atoms with van der Waals surface area (Å²) in [6.07, 6.45) is 1.45. The molecule has 0 aliphatic carbocycles. The van der Waals surface area contributed by atoms with Crippen molar-refractivity contribution in [2.45, 2.75) is 6.54 Å². The van der Waals surface area contributed by atoms with Crippen LogP contribution in [0.4, 0.5) is 5.69 Å². The van der Waals surface area contributed by atoms with Crippen molar-refractivity contribution in [3.05, 3.63) is 48.3 Å². The Morgan fingerprint density at radius 3 is 2.88 bits per heavy atom. The van der Waals surface area contributed by atoms with E-state index in [1.165, 1.54) is 16.8 Å². The average Bonchev–Trinajstić information content (AvgIpc) is 2.67. The van der Waals surface area contributed by atoms with Crippen LogP contribution in [-0.4, -0.2) is 19.7 Å². The van der Waals surface area contributed by atoms with Crippen LogP contribution < -0.4 is 5.56 Å². The second kappa shape index (κ2) is 4.60. The normalized spacial score (nSPS) is 10.4. The summed E-state index contributed by atoms with van der Waals surface area (Å²) in [5.74, 6) is 0. The zero-order valence-electron chi connectivity index (χ0n) is 8.24. The molecule has 0 N–H and O–H groups in total. The summed E-state index contributed by atoms with van der Waals surface area (Å²) in [6, 6.07) is 2.59. The second-order valence-corrected chi connectivity index (χ2v) is 4.68. The lowest BCUT2D eigenvalue weighted by Gasteiger charge is -2.00. The minimum Gasteiger partial charge on any atom is -0.303 e. The third kappa shape index (κ3) is 2.48. The zero-order valence-corrected chi connectivity index (χ0v) is 9.81. The average molecular weight is 273 g/mol. The van der Waals surface area contributed by atoms with E-state index in [0.717, 1.165) is 17.4 Å². The number of halogens is 1. The Morgan fingerprint density at radius 2 is 2.29 bits per heavy atom. The molecule has 0 unspecified atom stereocenters. The Balaban J connectivity index is 2.37. The monoisotopic (exact) mass is 272 g/mol. The first-order valence-electron chi connectivity index (χ1n) is 4.39. The van der Waals surface area contributed by atoms with Gasteiger partial charge < -0.3 is 4.57 Å². The van der Waals surface area contributed by atoms with Crippen LogP contribution in [0.3, 0.4) is 0 Å². The number of pyridine rings is 1. The Morgan fingerprint density at radius 1 is 1.53 bits per heavy atom. The molecule has 0 atom stereocenters. The van der Waals surface area contributed by atoms with Gasteiger partial charge in [0.25, 0.3) is 0 Å². The van der Waals surface area contributed by atoms with E-state index in [4.69, 9.17) is 11.6 Å². The van der Waals surface area contributed by atoms with E-state index in [2.05, 4.69) is 10.2 Å². The van der Waals surface area contributed by atoms with E-state index in [1.54, 1.807) is 0 Å². The molecule has 0 aromatic carbocycles. The minimum absolute atomic E-state index is 0.116. The van der Waals surface area contributed by atoms with Crippen molar-refractivity contribution in [3.8, 4) is 0 Å². The van der Waals surface area contributed by atoms with Crippen molar-refractivity contribution >= 4 is 28.6 Å². The molecule has 2 aromatic heterocycles.